The van der Waals surface area contributed by atoms with Gasteiger partial charge in [-0.2, -0.15) is 0 Å². The van der Waals surface area contributed by atoms with Gasteiger partial charge >= 0.3 is 0 Å². The molecule has 3 aromatic rings. The van der Waals surface area contributed by atoms with Gasteiger partial charge in [0.15, 0.2) is 0 Å². The molecule has 0 saturated carbocycles. The van der Waals surface area contributed by atoms with Gasteiger partial charge in [0.25, 0.3) is 0 Å². The monoisotopic (exact) mass is 537 g/mol. The van der Waals surface area contributed by atoms with Crippen LogP contribution in [0.15, 0.2) is 78.9 Å². The SMILES string of the molecule is CCCNC(=O)[C@@H](C)N(Cc1ccc(C)cc1)C(=O)CN(c1ccc(Oc2ccccc2)cc1)S(C)(=O)=O. The summed E-state index contributed by atoms with van der Waals surface area (Å²) in [6, 6.07) is 22.6. The van der Waals surface area contributed by atoms with Gasteiger partial charge in [0, 0.05) is 13.1 Å². The summed E-state index contributed by atoms with van der Waals surface area (Å²) in [5, 5.41) is 2.83. The Hall–Kier alpha value is -3.85. The lowest BCUT2D eigenvalue weighted by Crippen LogP contribution is -2.51. The van der Waals surface area contributed by atoms with E-state index in [-0.39, 0.29) is 12.5 Å². The molecule has 0 bridgehead atoms. The molecule has 3 rings (SSSR count). The minimum atomic E-state index is -3.81. The van der Waals surface area contributed by atoms with Crippen LogP contribution in [0.5, 0.6) is 11.5 Å². The number of nitrogens with zero attached hydrogens (tertiary/aromatic N) is 2. The zero-order valence-electron chi connectivity index (χ0n) is 22.3. The summed E-state index contributed by atoms with van der Waals surface area (Å²) in [5.41, 5.74) is 2.23. The fourth-order valence-electron chi connectivity index (χ4n) is 3.79. The van der Waals surface area contributed by atoms with Crippen molar-refractivity contribution in [2.75, 3.05) is 23.7 Å². The van der Waals surface area contributed by atoms with Gasteiger partial charge in [0.1, 0.15) is 24.1 Å². The molecule has 2 amide bonds. The van der Waals surface area contributed by atoms with Crippen LogP contribution in [-0.4, -0.2) is 50.5 Å². The number of nitrogens with one attached hydrogen (secondary N) is 1. The number of hydrogen-bond acceptors (Lipinski definition) is 5. The van der Waals surface area contributed by atoms with E-state index in [2.05, 4.69) is 5.32 Å². The van der Waals surface area contributed by atoms with Gasteiger partial charge in [0.2, 0.25) is 21.8 Å². The number of anilines is 1. The average Bonchev–Trinajstić information content (AvgIpc) is 2.90. The van der Waals surface area contributed by atoms with Crippen molar-refractivity contribution in [2.24, 2.45) is 0 Å². The van der Waals surface area contributed by atoms with Crippen molar-refractivity contribution >= 4 is 27.5 Å². The predicted molar refractivity (Wildman–Crippen MR) is 150 cm³/mol. The number of ether oxygens (including phenoxy) is 1. The van der Waals surface area contributed by atoms with E-state index >= 15 is 0 Å². The molecule has 0 spiro atoms. The lowest BCUT2D eigenvalue weighted by Gasteiger charge is -2.31. The number of aryl methyl sites for hydroxylation is 1. The van der Waals surface area contributed by atoms with Crippen LogP contribution in [0.2, 0.25) is 0 Å². The Balaban J connectivity index is 1.84. The highest BCUT2D eigenvalue weighted by Gasteiger charge is 2.30. The van der Waals surface area contributed by atoms with Crippen molar-refractivity contribution in [3.63, 3.8) is 0 Å². The van der Waals surface area contributed by atoms with E-state index in [4.69, 9.17) is 4.74 Å². The topological polar surface area (TPSA) is 96.0 Å². The summed E-state index contributed by atoms with van der Waals surface area (Å²) in [6.07, 6.45) is 1.81. The van der Waals surface area contributed by atoms with Crippen LogP contribution >= 0.6 is 0 Å². The molecule has 0 fully saturated rings. The third-order valence-corrected chi connectivity index (χ3v) is 7.11. The highest BCUT2D eigenvalue weighted by Crippen LogP contribution is 2.26. The van der Waals surface area contributed by atoms with E-state index in [1.165, 1.54) is 4.90 Å². The van der Waals surface area contributed by atoms with Crippen molar-refractivity contribution in [2.45, 2.75) is 39.8 Å². The van der Waals surface area contributed by atoms with Gasteiger partial charge in [-0.1, -0.05) is 55.0 Å². The van der Waals surface area contributed by atoms with Crippen molar-refractivity contribution in [1.82, 2.24) is 10.2 Å². The van der Waals surface area contributed by atoms with Gasteiger partial charge in [0.05, 0.1) is 11.9 Å². The van der Waals surface area contributed by atoms with E-state index in [0.717, 1.165) is 28.1 Å². The highest BCUT2D eigenvalue weighted by molar-refractivity contribution is 7.92. The Kier molecular flexibility index (Phi) is 9.90. The van der Waals surface area contributed by atoms with Gasteiger partial charge in [-0.3, -0.25) is 13.9 Å². The minimum absolute atomic E-state index is 0.168. The molecule has 0 aliphatic rings. The molecule has 1 atom stereocenters. The van der Waals surface area contributed by atoms with Gasteiger partial charge < -0.3 is 15.0 Å². The first kappa shape index (κ1) is 28.7. The van der Waals surface area contributed by atoms with Crippen LogP contribution in [0.4, 0.5) is 5.69 Å². The number of para-hydroxylation sites is 1. The van der Waals surface area contributed by atoms with Gasteiger partial charge in [-0.05, 0) is 62.2 Å². The van der Waals surface area contributed by atoms with Crippen LogP contribution in [0.3, 0.4) is 0 Å². The standard InChI is InChI=1S/C29H35N3O5S/c1-5-19-30-29(34)23(3)31(20-24-13-11-22(2)12-14-24)28(33)21-32(38(4,35)36)25-15-17-27(18-16-25)37-26-9-7-6-8-10-26/h6-18,23H,5,19-21H2,1-4H3,(H,30,34)/t23-/m1/s1. The largest absolute Gasteiger partial charge is 0.457 e. The number of hydrogen-bond donors (Lipinski definition) is 1. The summed E-state index contributed by atoms with van der Waals surface area (Å²) in [4.78, 5) is 27.8. The Morgan fingerprint density at radius 1 is 0.921 bits per heavy atom. The zero-order chi connectivity index (χ0) is 27.7. The third-order valence-electron chi connectivity index (χ3n) is 5.97. The van der Waals surface area contributed by atoms with Gasteiger partial charge in [-0.25, -0.2) is 8.42 Å². The molecule has 0 saturated heterocycles. The van der Waals surface area contributed by atoms with Crippen molar-refractivity contribution in [3.05, 3.63) is 90.0 Å². The molecule has 0 aliphatic heterocycles. The lowest BCUT2D eigenvalue weighted by atomic mass is 10.1. The predicted octanol–water partition coefficient (Wildman–Crippen LogP) is 4.50. The second kappa shape index (κ2) is 13.1. The summed E-state index contributed by atoms with van der Waals surface area (Å²) in [5.74, 6) is 0.403. The summed E-state index contributed by atoms with van der Waals surface area (Å²) < 4.78 is 32.3. The second-order valence-corrected chi connectivity index (χ2v) is 11.1. The van der Waals surface area contributed by atoms with E-state index in [1.54, 1.807) is 31.2 Å². The Morgan fingerprint density at radius 2 is 1.53 bits per heavy atom. The molecular weight excluding hydrogens is 502 g/mol. The van der Waals surface area contributed by atoms with E-state index in [0.29, 0.717) is 23.7 Å². The molecule has 8 nitrogen and oxygen atoms in total. The number of rotatable bonds is 12. The number of carbonyl (C=O) groups is 2. The van der Waals surface area contributed by atoms with Crippen LogP contribution in [0, 0.1) is 6.92 Å². The minimum Gasteiger partial charge on any atom is -0.457 e. The first-order valence-corrected chi connectivity index (χ1v) is 14.4. The molecule has 1 N–H and O–H groups in total. The number of benzene rings is 3. The second-order valence-electron chi connectivity index (χ2n) is 9.15. The smallest absolute Gasteiger partial charge is 0.244 e. The van der Waals surface area contributed by atoms with Gasteiger partial charge in [-0.15, -0.1) is 0 Å². The molecule has 38 heavy (non-hydrogen) atoms. The van der Waals surface area contributed by atoms with Crippen LogP contribution in [-0.2, 0) is 26.2 Å². The van der Waals surface area contributed by atoms with E-state index in [1.807, 2.05) is 68.4 Å². The fraction of sp³-hybridized carbons (Fsp3) is 0.310. The van der Waals surface area contributed by atoms with Crippen LogP contribution < -0.4 is 14.4 Å². The molecule has 0 unspecified atom stereocenters. The molecule has 3 aromatic carbocycles. The Labute approximate surface area is 225 Å². The first-order valence-electron chi connectivity index (χ1n) is 12.5. The van der Waals surface area contributed by atoms with Crippen molar-refractivity contribution in [1.29, 1.82) is 0 Å². The maximum absolute atomic E-state index is 13.6. The molecule has 9 heteroatoms. The maximum Gasteiger partial charge on any atom is 0.244 e. The molecule has 0 aliphatic carbocycles. The molecule has 0 radical (unpaired) electrons. The number of carbonyl (C=O) groups excluding carboxylic acids is 2. The van der Waals surface area contributed by atoms with E-state index in [9.17, 15) is 18.0 Å². The zero-order valence-corrected chi connectivity index (χ0v) is 23.1. The summed E-state index contributed by atoms with van der Waals surface area (Å²) in [6.45, 7) is 5.77. The quantitative estimate of drug-likeness (QED) is 0.367. The van der Waals surface area contributed by atoms with Crippen molar-refractivity contribution in [3.8, 4) is 11.5 Å². The van der Waals surface area contributed by atoms with Crippen LogP contribution in [0.25, 0.3) is 0 Å². The van der Waals surface area contributed by atoms with Crippen molar-refractivity contribution < 1.29 is 22.7 Å². The maximum atomic E-state index is 13.6. The van der Waals surface area contributed by atoms with E-state index < -0.39 is 28.5 Å². The molecular formula is C29H35N3O5S. The number of sulfonamides is 1. The molecule has 202 valence electrons. The first-order chi connectivity index (χ1) is 18.1. The third kappa shape index (κ3) is 8.08. The fourth-order valence-corrected chi connectivity index (χ4v) is 4.64. The molecule has 0 heterocycles. The highest BCUT2D eigenvalue weighted by atomic mass is 32.2. The Morgan fingerprint density at radius 3 is 2.11 bits per heavy atom. The summed E-state index contributed by atoms with van der Waals surface area (Å²) >= 11 is 0. The van der Waals surface area contributed by atoms with Crippen LogP contribution in [0.1, 0.15) is 31.4 Å². The lowest BCUT2D eigenvalue weighted by molar-refractivity contribution is -0.139. The average molecular weight is 538 g/mol. The molecule has 0 aromatic heterocycles. The normalized spacial score (nSPS) is 11.9. The Bertz CT molecular complexity index is 1310. The summed E-state index contributed by atoms with van der Waals surface area (Å²) in [7, 11) is -3.81. The number of amides is 2.